The number of fused-ring (bicyclic) bond motifs is 1. The number of rotatable bonds is 5. The normalized spacial score (nSPS) is 11.2. The fourth-order valence-electron chi connectivity index (χ4n) is 2.71. The second-order valence-electron chi connectivity index (χ2n) is 5.32. The maximum absolute atomic E-state index is 6.00. The van der Waals surface area contributed by atoms with Gasteiger partial charge in [0, 0.05) is 11.5 Å². The van der Waals surface area contributed by atoms with Crippen molar-refractivity contribution in [2.75, 3.05) is 21.3 Å². The van der Waals surface area contributed by atoms with E-state index in [9.17, 15) is 0 Å². The van der Waals surface area contributed by atoms with E-state index in [0.717, 1.165) is 27.9 Å². The third-order valence-corrected chi connectivity index (χ3v) is 3.87. The molecule has 24 heavy (non-hydrogen) atoms. The Morgan fingerprint density at radius 3 is 2.21 bits per heavy atom. The van der Waals surface area contributed by atoms with E-state index in [4.69, 9.17) is 18.6 Å². The van der Waals surface area contributed by atoms with Gasteiger partial charge in [-0.1, -0.05) is 18.2 Å². The number of methoxy groups -OCH3 is 3. The summed E-state index contributed by atoms with van der Waals surface area (Å²) < 4.78 is 22.2. The van der Waals surface area contributed by atoms with Crippen LogP contribution >= 0.6 is 0 Å². The van der Waals surface area contributed by atoms with Gasteiger partial charge in [-0.05, 0) is 36.8 Å². The van der Waals surface area contributed by atoms with E-state index < -0.39 is 0 Å². The third-order valence-electron chi connectivity index (χ3n) is 3.87. The summed E-state index contributed by atoms with van der Waals surface area (Å²) in [6.45, 7) is 2.00. The standard InChI is InChI=1S/C20H20O4/c1-5-6-13-7-8-16-14(9-13)10-18(24-16)15-11-19(22-3)20(23-4)12-17(15)21-2/h5-12H,1-4H3. The van der Waals surface area contributed by atoms with Gasteiger partial charge >= 0.3 is 0 Å². The average Bonchev–Trinajstić information content (AvgIpc) is 3.03. The molecular formula is C20H20O4. The monoisotopic (exact) mass is 324 g/mol. The average molecular weight is 324 g/mol. The Labute approximate surface area is 141 Å². The van der Waals surface area contributed by atoms with Gasteiger partial charge in [0.2, 0.25) is 0 Å². The van der Waals surface area contributed by atoms with Crippen LogP contribution in [0.25, 0.3) is 28.4 Å². The lowest BCUT2D eigenvalue weighted by Gasteiger charge is -2.12. The molecule has 0 radical (unpaired) electrons. The molecule has 0 atom stereocenters. The first-order valence-corrected chi connectivity index (χ1v) is 7.66. The van der Waals surface area contributed by atoms with Crippen molar-refractivity contribution in [1.29, 1.82) is 0 Å². The van der Waals surface area contributed by atoms with Gasteiger partial charge in [-0.3, -0.25) is 0 Å². The van der Waals surface area contributed by atoms with Crippen molar-refractivity contribution in [3.05, 3.63) is 48.0 Å². The highest BCUT2D eigenvalue weighted by molar-refractivity contribution is 5.86. The summed E-state index contributed by atoms with van der Waals surface area (Å²) in [5, 5.41) is 1.04. The lowest BCUT2D eigenvalue weighted by atomic mass is 10.1. The van der Waals surface area contributed by atoms with Crippen LogP contribution in [-0.4, -0.2) is 21.3 Å². The van der Waals surface area contributed by atoms with E-state index in [-0.39, 0.29) is 0 Å². The molecule has 0 aliphatic rings. The van der Waals surface area contributed by atoms with Crippen molar-refractivity contribution in [2.45, 2.75) is 6.92 Å². The fraction of sp³-hybridized carbons (Fsp3) is 0.200. The molecule has 3 rings (SSSR count). The number of furan rings is 1. The molecule has 0 saturated carbocycles. The Bertz CT molecular complexity index is 890. The smallest absolute Gasteiger partial charge is 0.164 e. The molecule has 0 fully saturated rings. The number of hydrogen-bond donors (Lipinski definition) is 0. The maximum atomic E-state index is 6.00. The minimum atomic E-state index is 0.615. The third kappa shape index (κ3) is 2.83. The van der Waals surface area contributed by atoms with Gasteiger partial charge in [0.1, 0.15) is 17.1 Å². The van der Waals surface area contributed by atoms with Crippen LogP contribution in [0.2, 0.25) is 0 Å². The van der Waals surface area contributed by atoms with Crippen LogP contribution in [0.1, 0.15) is 12.5 Å². The minimum absolute atomic E-state index is 0.615. The number of benzene rings is 2. The van der Waals surface area contributed by atoms with Crippen molar-refractivity contribution in [3.8, 4) is 28.6 Å². The molecule has 124 valence electrons. The van der Waals surface area contributed by atoms with Crippen molar-refractivity contribution in [1.82, 2.24) is 0 Å². The highest BCUT2D eigenvalue weighted by Gasteiger charge is 2.16. The molecule has 1 aromatic heterocycles. The summed E-state index contributed by atoms with van der Waals surface area (Å²) in [6.07, 6.45) is 4.07. The molecule has 0 N–H and O–H groups in total. The molecule has 0 spiro atoms. The Morgan fingerprint density at radius 2 is 1.54 bits per heavy atom. The zero-order chi connectivity index (χ0) is 17.1. The van der Waals surface area contributed by atoms with Gasteiger partial charge in [0.05, 0.1) is 26.9 Å². The summed E-state index contributed by atoms with van der Waals surface area (Å²) in [7, 11) is 4.83. The van der Waals surface area contributed by atoms with E-state index in [1.807, 2.05) is 37.3 Å². The molecule has 1 heterocycles. The van der Waals surface area contributed by atoms with Gasteiger partial charge in [0.15, 0.2) is 11.5 Å². The van der Waals surface area contributed by atoms with Crippen LogP contribution in [-0.2, 0) is 0 Å². The zero-order valence-electron chi connectivity index (χ0n) is 14.3. The molecule has 0 unspecified atom stereocenters. The quantitative estimate of drug-likeness (QED) is 0.650. The number of ether oxygens (including phenoxy) is 3. The van der Waals surface area contributed by atoms with Gasteiger partial charge in [0.25, 0.3) is 0 Å². The summed E-state index contributed by atoms with van der Waals surface area (Å²) >= 11 is 0. The van der Waals surface area contributed by atoms with Gasteiger partial charge in [-0.2, -0.15) is 0 Å². The fourth-order valence-corrected chi connectivity index (χ4v) is 2.71. The number of allylic oxidation sites excluding steroid dienone is 1. The van der Waals surface area contributed by atoms with Crippen LogP contribution in [0.3, 0.4) is 0 Å². The van der Waals surface area contributed by atoms with Crippen molar-refractivity contribution in [2.24, 2.45) is 0 Å². The molecular weight excluding hydrogens is 304 g/mol. The molecule has 3 aromatic rings. The Morgan fingerprint density at radius 1 is 0.833 bits per heavy atom. The summed E-state index contributed by atoms with van der Waals surface area (Å²) in [5.41, 5.74) is 2.78. The van der Waals surface area contributed by atoms with Crippen molar-refractivity contribution in [3.63, 3.8) is 0 Å². The maximum Gasteiger partial charge on any atom is 0.164 e. The van der Waals surface area contributed by atoms with E-state index in [1.165, 1.54) is 0 Å². The Kier molecular flexibility index (Phi) is 4.47. The van der Waals surface area contributed by atoms with Crippen LogP contribution in [0, 0.1) is 0 Å². The van der Waals surface area contributed by atoms with Crippen LogP contribution in [0.5, 0.6) is 17.2 Å². The first-order valence-electron chi connectivity index (χ1n) is 7.66. The molecule has 0 bridgehead atoms. The van der Waals surface area contributed by atoms with Gasteiger partial charge < -0.3 is 18.6 Å². The second kappa shape index (κ2) is 6.71. The summed E-state index contributed by atoms with van der Waals surface area (Å²) in [5.74, 6) is 2.63. The largest absolute Gasteiger partial charge is 0.496 e. The molecule has 0 saturated heterocycles. The molecule has 4 heteroatoms. The summed E-state index contributed by atoms with van der Waals surface area (Å²) in [4.78, 5) is 0. The van der Waals surface area contributed by atoms with Crippen molar-refractivity contribution < 1.29 is 18.6 Å². The highest BCUT2D eigenvalue weighted by Crippen LogP contribution is 2.41. The van der Waals surface area contributed by atoms with Crippen LogP contribution in [0.4, 0.5) is 0 Å². The van der Waals surface area contributed by atoms with Gasteiger partial charge in [-0.25, -0.2) is 0 Å². The Balaban J connectivity index is 2.15. The second-order valence-corrected chi connectivity index (χ2v) is 5.32. The lowest BCUT2D eigenvalue weighted by Crippen LogP contribution is -1.94. The Hall–Kier alpha value is -2.88. The van der Waals surface area contributed by atoms with E-state index >= 15 is 0 Å². The molecule has 0 aliphatic carbocycles. The van der Waals surface area contributed by atoms with E-state index in [2.05, 4.69) is 12.1 Å². The number of hydrogen-bond acceptors (Lipinski definition) is 4. The molecule has 0 aliphatic heterocycles. The van der Waals surface area contributed by atoms with E-state index in [0.29, 0.717) is 17.2 Å². The topological polar surface area (TPSA) is 40.8 Å². The summed E-state index contributed by atoms with van der Waals surface area (Å²) in [6, 6.07) is 11.8. The highest BCUT2D eigenvalue weighted by atomic mass is 16.5. The first kappa shape index (κ1) is 16.0. The van der Waals surface area contributed by atoms with Gasteiger partial charge in [-0.15, -0.1) is 0 Å². The lowest BCUT2D eigenvalue weighted by molar-refractivity contribution is 0.349. The molecule has 2 aromatic carbocycles. The van der Waals surface area contributed by atoms with E-state index in [1.54, 1.807) is 27.4 Å². The predicted molar refractivity (Wildman–Crippen MR) is 96.0 cm³/mol. The zero-order valence-corrected chi connectivity index (χ0v) is 14.3. The SMILES string of the molecule is CC=Cc1ccc2oc(-c3cc(OC)c(OC)cc3OC)cc2c1. The van der Waals surface area contributed by atoms with Crippen molar-refractivity contribution >= 4 is 17.0 Å². The first-order chi connectivity index (χ1) is 11.7. The van der Waals surface area contributed by atoms with Crippen LogP contribution in [0.15, 0.2) is 46.9 Å². The van der Waals surface area contributed by atoms with Crippen LogP contribution < -0.4 is 14.2 Å². The minimum Gasteiger partial charge on any atom is -0.496 e. The predicted octanol–water partition coefficient (Wildman–Crippen LogP) is 5.16. The molecule has 0 amide bonds. The molecule has 4 nitrogen and oxygen atoms in total.